The van der Waals surface area contributed by atoms with E-state index in [1.807, 2.05) is 13.0 Å². The second-order valence-electron chi connectivity index (χ2n) is 5.32. The second-order valence-corrected chi connectivity index (χ2v) is 5.32. The van der Waals surface area contributed by atoms with E-state index in [2.05, 4.69) is 41.6 Å². The summed E-state index contributed by atoms with van der Waals surface area (Å²) in [6.07, 6.45) is 2.01. The SMILES string of the molecule is CCOc1cc(CCCNC(=NC)NC(C)C)ccc1OC.I. The van der Waals surface area contributed by atoms with Gasteiger partial charge in [0.05, 0.1) is 13.7 Å². The molecule has 0 aliphatic heterocycles. The maximum atomic E-state index is 5.60. The van der Waals surface area contributed by atoms with Gasteiger partial charge in [-0.2, -0.15) is 0 Å². The number of benzene rings is 1. The molecule has 1 aromatic rings. The Kier molecular flexibility index (Phi) is 11.6. The van der Waals surface area contributed by atoms with Crippen LogP contribution in [-0.4, -0.2) is 39.3 Å². The molecule has 1 rings (SSSR count). The zero-order chi connectivity index (χ0) is 16.4. The monoisotopic (exact) mass is 435 g/mol. The topological polar surface area (TPSA) is 54.9 Å². The van der Waals surface area contributed by atoms with E-state index in [0.717, 1.165) is 36.8 Å². The molecule has 2 N–H and O–H groups in total. The summed E-state index contributed by atoms with van der Waals surface area (Å²) < 4.78 is 10.9. The number of guanidine groups is 1. The summed E-state index contributed by atoms with van der Waals surface area (Å²) in [4.78, 5) is 4.19. The van der Waals surface area contributed by atoms with Gasteiger partial charge in [-0.15, -0.1) is 24.0 Å². The molecule has 0 radical (unpaired) electrons. The van der Waals surface area contributed by atoms with E-state index < -0.39 is 0 Å². The standard InChI is InChI=1S/C17H29N3O2.HI/c1-6-22-16-12-14(9-10-15(16)21-5)8-7-11-19-17(18-4)20-13(2)3;/h9-10,12-13H,6-8,11H2,1-5H3,(H2,18,19,20);1H. The Balaban J connectivity index is 0.00000484. The van der Waals surface area contributed by atoms with Crippen LogP contribution in [-0.2, 0) is 6.42 Å². The van der Waals surface area contributed by atoms with Gasteiger partial charge in [-0.1, -0.05) is 6.07 Å². The third-order valence-electron chi connectivity index (χ3n) is 3.11. The van der Waals surface area contributed by atoms with Crippen LogP contribution in [0.25, 0.3) is 0 Å². The molecular formula is C17H30IN3O2. The number of hydrogen-bond donors (Lipinski definition) is 2. The molecule has 0 fully saturated rings. The lowest BCUT2D eigenvalue weighted by Gasteiger charge is -2.14. The van der Waals surface area contributed by atoms with Crippen LogP contribution in [0.4, 0.5) is 0 Å². The maximum absolute atomic E-state index is 5.60. The predicted molar refractivity (Wildman–Crippen MR) is 108 cm³/mol. The Labute approximate surface area is 157 Å². The van der Waals surface area contributed by atoms with E-state index in [9.17, 15) is 0 Å². The van der Waals surface area contributed by atoms with Gasteiger partial charge in [0.2, 0.25) is 0 Å². The first-order valence-electron chi connectivity index (χ1n) is 7.87. The van der Waals surface area contributed by atoms with Crippen LogP contribution in [0.5, 0.6) is 11.5 Å². The molecule has 0 atom stereocenters. The lowest BCUT2D eigenvalue weighted by atomic mass is 10.1. The van der Waals surface area contributed by atoms with E-state index >= 15 is 0 Å². The van der Waals surface area contributed by atoms with E-state index in [1.54, 1.807) is 14.2 Å². The van der Waals surface area contributed by atoms with Gasteiger partial charge >= 0.3 is 0 Å². The fourth-order valence-corrected chi connectivity index (χ4v) is 2.11. The van der Waals surface area contributed by atoms with Gasteiger partial charge in [0.1, 0.15) is 0 Å². The summed E-state index contributed by atoms with van der Waals surface area (Å²) in [5.74, 6) is 2.44. The lowest BCUT2D eigenvalue weighted by Crippen LogP contribution is -2.41. The van der Waals surface area contributed by atoms with E-state index in [4.69, 9.17) is 9.47 Å². The van der Waals surface area contributed by atoms with Gasteiger partial charge in [-0.05, 0) is 51.3 Å². The fourth-order valence-electron chi connectivity index (χ4n) is 2.11. The van der Waals surface area contributed by atoms with Gasteiger partial charge < -0.3 is 20.1 Å². The van der Waals surface area contributed by atoms with Gasteiger partial charge in [0, 0.05) is 19.6 Å². The number of nitrogens with zero attached hydrogens (tertiary/aromatic N) is 1. The van der Waals surface area contributed by atoms with Gasteiger partial charge in [0.25, 0.3) is 0 Å². The Hall–Kier alpha value is -1.18. The van der Waals surface area contributed by atoms with Crippen LogP contribution < -0.4 is 20.1 Å². The van der Waals surface area contributed by atoms with Crippen molar-refractivity contribution < 1.29 is 9.47 Å². The smallest absolute Gasteiger partial charge is 0.191 e. The minimum Gasteiger partial charge on any atom is -0.493 e. The lowest BCUT2D eigenvalue weighted by molar-refractivity contribution is 0.310. The number of ether oxygens (including phenoxy) is 2. The third-order valence-corrected chi connectivity index (χ3v) is 3.11. The number of aliphatic imine (C=N–C) groups is 1. The van der Waals surface area contributed by atoms with Crippen molar-refractivity contribution in [3.63, 3.8) is 0 Å². The molecule has 23 heavy (non-hydrogen) atoms. The number of nitrogens with one attached hydrogen (secondary N) is 2. The molecule has 132 valence electrons. The van der Waals surface area contributed by atoms with E-state index in [-0.39, 0.29) is 24.0 Å². The van der Waals surface area contributed by atoms with E-state index in [0.29, 0.717) is 12.6 Å². The molecule has 6 heteroatoms. The Morgan fingerprint density at radius 1 is 1.26 bits per heavy atom. The number of rotatable bonds is 8. The molecule has 0 spiro atoms. The fraction of sp³-hybridized carbons (Fsp3) is 0.588. The minimum atomic E-state index is 0. The summed E-state index contributed by atoms with van der Waals surface area (Å²) in [7, 11) is 3.45. The first kappa shape index (κ1) is 21.8. The van der Waals surface area contributed by atoms with Crippen molar-refractivity contribution in [1.82, 2.24) is 10.6 Å². The summed E-state index contributed by atoms with van der Waals surface area (Å²) >= 11 is 0. The number of methoxy groups -OCH3 is 1. The molecule has 1 aromatic carbocycles. The number of hydrogen-bond acceptors (Lipinski definition) is 3. The first-order valence-corrected chi connectivity index (χ1v) is 7.87. The van der Waals surface area contributed by atoms with Crippen LogP contribution in [0.1, 0.15) is 32.8 Å². The highest BCUT2D eigenvalue weighted by Gasteiger charge is 2.05. The quantitative estimate of drug-likeness (QED) is 0.285. The maximum Gasteiger partial charge on any atom is 0.191 e. The molecule has 0 amide bonds. The number of aryl methyl sites for hydroxylation is 1. The molecular weight excluding hydrogens is 405 g/mol. The average molecular weight is 435 g/mol. The zero-order valence-electron chi connectivity index (χ0n) is 14.8. The highest BCUT2D eigenvalue weighted by molar-refractivity contribution is 14.0. The minimum absolute atomic E-state index is 0. The van der Waals surface area contributed by atoms with Crippen LogP contribution in [0.15, 0.2) is 23.2 Å². The van der Waals surface area contributed by atoms with Gasteiger partial charge in [-0.3, -0.25) is 4.99 Å². The van der Waals surface area contributed by atoms with Crippen molar-refractivity contribution in [3.05, 3.63) is 23.8 Å². The van der Waals surface area contributed by atoms with E-state index in [1.165, 1.54) is 5.56 Å². The third kappa shape index (κ3) is 8.29. The molecule has 0 aliphatic carbocycles. The van der Waals surface area contributed by atoms with Crippen LogP contribution in [0.3, 0.4) is 0 Å². The van der Waals surface area contributed by atoms with Crippen molar-refractivity contribution in [3.8, 4) is 11.5 Å². The molecule has 5 nitrogen and oxygen atoms in total. The average Bonchev–Trinajstić information content (AvgIpc) is 2.50. The second kappa shape index (κ2) is 12.3. The van der Waals surface area contributed by atoms with Crippen LogP contribution >= 0.6 is 24.0 Å². The van der Waals surface area contributed by atoms with Gasteiger partial charge in [0.15, 0.2) is 17.5 Å². The van der Waals surface area contributed by atoms with Crippen molar-refractivity contribution in [2.24, 2.45) is 4.99 Å². The highest BCUT2D eigenvalue weighted by atomic mass is 127. The molecule has 0 heterocycles. The van der Waals surface area contributed by atoms with Crippen LogP contribution in [0.2, 0.25) is 0 Å². The number of halogens is 1. The van der Waals surface area contributed by atoms with Crippen LogP contribution in [0, 0.1) is 0 Å². The molecule has 0 saturated heterocycles. The normalized spacial score (nSPS) is 11.0. The highest BCUT2D eigenvalue weighted by Crippen LogP contribution is 2.28. The largest absolute Gasteiger partial charge is 0.493 e. The molecule has 0 bridgehead atoms. The molecule has 0 aliphatic rings. The Morgan fingerprint density at radius 2 is 2.00 bits per heavy atom. The van der Waals surface area contributed by atoms with Gasteiger partial charge in [-0.25, -0.2) is 0 Å². The predicted octanol–water partition coefficient (Wildman–Crippen LogP) is 3.22. The summed E-state index contributed by atoms with van der Waals surface area (Å²) in [5.41, 5.74) is 1.25. The van der Waals surface area contributed by atoms with Crippen molar-refractivity contribution in [2.45, 2.75) is 39.7 Å². The summed E-state index contributed by atoms with van der Waals surface area (Å²) in [6, 6.07) is 6.49. The molecule has 0 aromatic heterocycles. The zero-order valence-corrected chi connectivity index (χ0v) is 17.1. The van der Waals surface area contributed by atoms with Crippen molar-refractivity contribution in [2.75, 3.05) is 27.3 Å². The first-order chi connectivity index (χ1) is 10.6. The summed E-state index contributed by atoms with van der Waals surface area (Å²) in [6.45, 7) is 7.68. The summed E-state index contributed by atoms with van der Waals surface area (Å²) in [5, 5.41) is 6.59. The Morgan fingerprint density at radius 3 is 2.57 bits per heavy atom. The Bertz CT molecular complexity index is 479. The molecule has 0 unspecified atom stereocenters. The van der Waals surface area contributed by atoms with Crippen molar-refractivity contribution >= 4 is 29.9 Å². The van der Waals surface area contributed by atoms with Crippen molar-refractivity contribution in [1.29, 1.82) is 0 Å². The molecule has 0 saturated carbocycles.